The number of ether oxygens (including phenoxy) is 2. The molecule has 5 heteroatoms. The SMILES string of the molecule is CC(C)OC(=O)C(C)(C)Oc1cccc(/C=C/C(=O)c2ccccc2O)c1. The van der Waals surface area contributed by atoms with Gasteiger partial charge in [-0.05, 0) is 63.6 Å². The standard InChI is InChI=1S/C22H24O5/c1-15(2)26-21(25)22(3,4)27-17-9-7-8-16(14-17)12-13-20(24)18-10-5-6-11-19(18)23/h5-15,23H,1-4H3/b13-12+. The van der Waals surface area contributed by atoms with Gasteiger partial charge in [0.1, 0.15) is 11.5 Å². The lowest BCUT2D eigenvalue weighted by Gasteiger charge is -2.25. The second-order valence-corrected chi connectivity index (χ2v) is 6.85. The summed E-state index contributed by atoms with van der Waals surface area (Å²) in [7, 11) is 0. The summed E-state index contributed by atoms with van der Waals surface area (Å²) in [6, 6.07) is 13.4. The Kier molecular flexibility index (Phi) is 6.40. The quantitative estimate of drug-likeness (QED) is 0.446. The molecule has 0 unspecified atom stereocenters. The molecule has 0 aliphatic heterocycles. The minimum absolute atomic E-state index is 0.0605. The van der Waals surface area contributed by atoms with Crippen LogP contribution in [0.15, 0.2) is 54.6 Å². The van der Waals surface area contributed by atoms with E-state index in [0.29, 0.717) is 5.75 Å². The van der Waals surface area contributed by atoms with Crippen molar-refractivity contribution in [1.82, 2.24) is 0 Å². The van der Waals surface area contributed by atoms with Crippen molar-refractivity contribution >= 4 is 17.8 Å². The first kappa shape index (κ1) is 20.2. The van der Waals surface area contributed by atoms with E-state index in [1.165, 1.54) is 12.1 Å². The monoisotopic (exact) mass is 368 g/mol. The number of carbonyl (C=O) groups is 2. The number of aromatic hydroxyl groups is 1. The van der Waals surface area contributed by atoms with E-state index < -0.39 is 11.6 Å². The number of benzene rings is 2. The number of phenolic OH excluding ortho intramolecular Hbond substituents is 1. The van der Waals surface area contributed by atoms with E-state index in [4.69, 9.17) is 9.47 Å². The van der Waals surface area contributed by atoms with E-state index in [2.05, 4.69) is 0 Å². The van der Waals surface area contributed by atoms with Crippen molar-refractivity contribution in [1.29, 1.82) is 0 Å². The molecule has 0 amide bonds. The second-order valence-electron chi connectivity index (χ2n) is 6.85. The van der Waals surface area contributed by atoms with Crippen molar-refractivity contribution in [2.75, 3.05) is 0 Å². The van der Waals surface area contributed by atoms with Crippen molar-refractivity contribution in [2.45, 2.75) is 39.4 Å². The normalized spacial score (nSPS) is 11.6. The third-order valence-corrected chi connectivity index (χ3v) is 3.66. The van der Waals surface area contributed by atoms with Gasteiger partial charge in [-0.3, -0.25) is 4.79 Å². The van der Waals surface area contributed by atoms with Crippen LogP contribution in [0, 0.1) is 0 Å². The van der Waals surface area contributed by atoms with Gasteiger partial charge in [0, 0.05) is 0 Å². The molecule has 0 saturated carbocycles. The van der Waals surface area contributed by atoms with Crippen LogP contribution in [0.1, 0.15) is 43.6 Å². The molecule has 0 aliphatic rings. The second kappa shape index (κ2) is 8.54. The van der Waals surface area contributed by atoms with Crippen molar-refractivity contribution in [3.05, 3.63) is 65.7 Å². The molecule has 2 rings (SSSR count). The van der Waals surface area contributed by atoms with Crippen molar-refractivity contribution in [3.63, 3.8) is 0 Å². The van der Waals surface area contributed by atoms with Crippen molar-refractivity contribution < 1.29 is 24.2 Å². The molecule has 2 aromatic rings. The fourth-order valence-electron chi connectivity index (χ4n) is 2.32. The molecule has 0 spiro atoms. The molecule has 0 aliphatic carbocycles. The third kappa shape index (κ3) is 5.71. The first-order chi connectivity index (χ1) is 12.7. The summed E-state index contributed by atoms with van der Waals surface area (Å²) in [6.07, 6.45) is 2.78. The van der Waals surface area contributed by atoms with Crippen LogP contribution in [0.4, 0.5) is 0 Å². The van der Waals surface area contributed by atoms with Crippen LogP contribution in [-0.2, 0) is 9.53 Å². The number of rotatable bonds is 7. The van der Waals surface area contributed by atoms with Gasteiger partial charge in [-0.25, -0.2) is 4.79 Å². The molecular weight excluding hydrogens is 344 g/mol. The highest BCUT2D eigenvalue weighted by Crippen LogP contribution is 2.22. The number of ketones is 1. The number of allylic oxidation sites excluding steroid dienone is 1. The number of phenols is 1. The first-order valence-electron chi connectivity index (χ1n) is 8.69. The number of para-hydroxylation sites is 1. The molecule has 142 valence electrons. The Labute approximate surface area is 159 Å². The predicted molar refractivity (Wildman–Crippen MR) is 104 cm³/mol. The van der Waals surface area contributed by atoms with Gasteiger partial charge < -0.3 is 14.6 Å². The highest BCUT2D eigenvalue weighted by atomic mass is 16.6. The molecule has 0 atom stereocenters. The van der Waals surface area contributed by atoms with Crippen LogP contribution in [0.3, 0.4) is 0 Å². The number of esters is 1. The first-order valence-corrected chi connectivity index (χ1v) is 8.69. The molecule has 27 heavy (non-hydrogen) atoms. The van der Waals surface area contributed by atoms with Gasteiger partial charge in [0.05, 0.1) is 11.7 Å². The highest BCUT2D eigenvalue weighted by molar-refractivity contribution is 6.08. The predicted octanol–water partition coefficient (Wildman–Crippen LogP) is 4.40. The summed E-state index contributed by atoms with van der Waals surface area (Å²) < 4.78 is 11.0. The van der Waals surface area contributed by atoms with Crippen LogP contribution in [0.25, 0.3) is 6.08 Å². The zero-order valence-electron chi connectivity index (χ0n) is 15.9. The Morgan fingerprint density at radius 3 is 2.44 bits per heavy atom. The maximum Gasteiger partial charge on any atom is 0.350 e. The van der Waals surface area contributed by atoms with Crippen molar-refractivity contribution in [3.8, 4) is 11.5 Å². The van der Waals surface area contributed by atoms with E-state index in [9.17, 15) is 14.7 Å². The molecule has 0 saturated heterocycles. The fourth-order valence-corrected chi connectivity index (χ4v) is 2.32. The number of hydrogen-bond acceptors (Lipinski definition) is 5. The van der Waals surface area contributed by atoms with E-state index >= 15 is 0 Å². The van der Waals surface area contributed by atoms with Gasteiger partial charge in [0.15, 0.2) is 11.4 Å². The molecule has 5 nitrogen and oxygen atoms in total. The van der Waals surface area contributed by atoms with E-state index in [0.717, 1.165) is 5.56 Å². The fraction of sp³-hybridized carbons (Fsp3) is 0.273. The molecule has 0 aromatic heterocycles. The van der Waals surface area contributed by atoms with Gasteiger partial charge in [0.2, 0.25) is 0 Å². The van der Waals surface area contributed by atoms with Crippen LogP contribution in [-0.4, -0.2) is 28.6 Å². The summed E-state index contributed by atoms with van der Waals surface area (Å²) >= 11 is 0. The average molecular weight is 368 g/mol. The minimum atomic E-state index is -1.14. The van der Waals surface area contributed by atoms with Crippen LogP contribution >= 0.6 is 0 Å². The smallest absolute Gasteiger partial charge is 0.350 e. The lowest BCUT2D eigenvalue weighted by Crippen LogP contribution is -2.40. The van der Waals surface area contributed by atoms with Gasteiger partial charge in [-0.1, -0.05) is 30.3 Å². The Bertz CT molecular complexity index is 849. The molecule has 0 heterocycles. The molecule has 2 aromatic carbocycles. The molecular formula is C22H24O5. The number of carbonyl (C=O) groups excluding carboxylic acids is 2. The highest BCUT2D eigenvalue weighted by Gasteiger charge is 2.32. The largest absolute Gasteiger partial charge is 0.507 e. The van der Waals surface area contributed by atoms with Crippen LogP contribution in [0.5, 0.6) is 11.5 Å². The third-order valence-electron chi connectivity index (χ3n) is 3.66. The summed E-state index contributed by atoms with van der Waals surface area (Å²) in [5.74, 6) is -0.332. The van der Waals surface area contributed by atoms with Crippen molar-refractivity contribution in [2.24, 2.45) is 0 Å². The van der Waals surface area contributed by atoms with Crippen LogP contribution < -0.4 is 4.74 Å². The van der Waals surface area contributed by atoms with E-state index in [-0.39, 0.29) is 23.2 Å². The zero-order valence-corrected chi connectivity index (χ0v) is 15.9. The Morgan fingerprint density at radius 2 is 1.78 bits per heavy atom. The topological polar surface area (TPSA) is 72.8 Å². The van der Waals surface area contributed by atoms with Crippen LogP contribution in [0.2, 0.25) is 0 Å². The maximum absolute atomic E-state index is 12.2. The van der Waals surface area contributed by atoms with E-state index in [1.54, 1.807) is 76.2 Å². The summed E-state index contributed by atoms with van der Waals surface area (Å²) in [5, 5.41) is 9.75. The summed E-state index contributed by atoms with van der Waals surface area (Å²) in [4.78, 5) is 24.3. The van der Waals surface area contributed by atoms with Gasteiger partial charge in [0.25, 0.3) is 0 Å². The maximum atomic E-state index is 12.2. The molecule has 0 radical (unpaired) electrons. The van der Waals surface area contributed by atoms with Gasteiger partial charge in [-0.2, -0.15) is 0 Å². The summed E-state index contributed by atoms with van der Waals surface area (Å²) in [5.41, 5.74) is -0.179. The van der Waals surface area contributed by atoms with E-state index in [1.807, 2.05) is 0 Å². The average Bonchev–Trinajstić information content (AvgIpc) is 2.59. The zero-order chi connectivity index (χ0) is 20.0. The minimum Gasteiger partial charge on any atom is -0.507 e. The lowest BCUT2D eigenvalue weighted by molar-refractivity contribution is -0.163. The Hall–Kier alpha value is -3.08. The molecule has 0 fully saturated rings. The Morgan fingerprint density at radius 1 is 1.07 bits per heavy atom. The summed E-state index contributed by atoms with van der Waals surface area (Å²) in [6.45, 7) is 6.84. The Balaban J connectivity index is 2.12. The molecule has 1 N–H and O–H groups in total. The molecule has 0 bridgehead atoms. The number of hydrogen-bond donors (Lipinski definition) is 1. The lowest BCUT2D eigenvalue weighted by atomic mass is 10.1. The van der Waals surface area contributed by atoms with Gasteiger partial charge >= 0.3 is 5.97 Å². The van der Waals surface area contributed by atoms with Gasteiger partial charge in [-0.15, -0.1) is 0 Å².